The van der Waals surface area contributed by atoms with Crippen LogP contribution in [0.15, 0.2) is 18.2 Å². The third-order valence-electron chi connectivity index (χ3n) is 4.17. The lowest BCUT2D eigenvalue weighted by molar-refractivity contribution is -0.129. The monoisotopic (exact) mass is 368 g/mol. The Morgan fingerprint density at radius 1 is 1.32 bits per heavy atom. The Balaban J connectivity index is 1.78. The Kier molecular flexibility index (Phi) is 6.02. The van der Waals surface area contributed by atoms with Gasteiger partial charge in [-0.15, -0.1) is 0 Å². The zero-order valence-corrected chi connectivity index (χ0v) is 15.4. The fourth-order valence-electron chi connectivity index (χ4n) is 2.69. The second kappa shape index (κ2) is 7.83. The van der Waals surface area contributed by atoms with E-state index in [-0.39, 0.29) is 18.5 Å². The molecule has 138 valence electrons. The SMILES string of the molecule is Cc1cccc(NC(=O)NCCN2CCC(NS(C)(=O)=O)C2=O)c1C. The second-order valence-corrected chi connectivity index (χ2v) is 7.96. The molecule has 1 aliphatic heterocycles. The molecule has 1 aromatic carbocycles. The predicted octanol–water partition coefficient (Wildman–Crippen LogP) is 0.575. The third-order valence-corrected chi connectivity index (χ3v) is 4.89. The molecule has 0 aliphatic carbocycles. The van der Waals surface area contributed by atoms with Gasteiger partial charge in [0.1, 0.15) is 6.04 Å². The van der Waals surface area contributed by atoms with Gasteiger partial charge in [0.25, 0.3) is 0 Å². The maximum absolute atomic E-state index is 12.1. The van der Waals surface area contributed by atoms with Crippen molar-refractivity contribution < 1.29 is 18.0 Å². The molecule has 1 heterocycles. The van der Waals surface area contributed by atoms with Gasteiger partial charge in [0.15, 0.2) is 0 Å². The summed E-state index contributed by atoms with van der Waals surface area (Å²) in [6, 6.07) is 4.62. The number of likely N-dealkylation sites (tertiary alicyclic amines) is 1. The van der Waals surface area contributed by atoms with Gasteiger partial charge in [-0.2, -0.15) is 0 Å². The van der Waals surface area contributed by atoms with Crippen LogP contribution >= 0.6 is 0 Å². The van der Waals surface area contributed by atoms with Crippen LogP contribution in [0.25, 0.3) is 0 Å². The van der Waals surface area contributed by atoms with Crippen molar-refractivity contribution in [3.05, 3.63) is 29.3 Å². The largest absolute Gasteiger partial charge is 0.339 e. The van der Waals surface area contributed by atoms with Crippen molar-refractivity contribution in [2.24, 2.45) is 0 Å². The number of nitrogens with zero attached hydrogens (tertiary/aromatic N) is 1. The Bertz CT molecular complexity index is 763. The lowest BCUT2D eigenvalue weighted by atomic mass is 10.1. The average Bonchev–Trinajstić information content (AvgIpc) is 2.83. The Morgan fingerprint density at radius 3 is 2.72 bits per heavy atom. The van der Waals surface area contributed by atoms with Crippen LogP contribution in [0.5, 0.6) is 0 Å². The molecule has 1 atom stereocenters. The second-order valence-electron chi connectivity index (χ2n) is 6.18. The summed E-state index contributed by atoms with van der Waals surface area (Å²) in [6.07, 6.45) is 1.46. The van der Waals surface area contributed by atoms with Crippen molar-refractivity contribution in [1.82, 2.24) is 14.9 Å². The van der Waals surface area contributed by atoms with Gasteiger partial charge in [0.05, 0.1) is 6.26 Å². The highest BCUT2D eigenvalue weighted by atomic mass is 32.2. The minimum absolute atomic E-state index is 0.262. The number of nitrogens with one attached hydrogen (secondary N) is 3. The summed E-state index contributed by atoms with van der Waals surface area (Å²) in [7, 11) is -3.42. The van der Waals surface area contributed by atoms with Gasteiger partial charge in [0, 0.05) is 25.3 Å². The van der Waals surface area contributed by atoms with Gasteiger partial charge >= 0.3 is 6.03 Å². The molecule has 25 heavy (non-hydrogen) atoms. The number of hydrogen-bond donors (Lipinski definition) is 3. The summed E-state index contributed by atoms with van der Waals surface area (Å²) in [4.78, 5) is 25.6. The summed E-state index contributed by atoms with van der Waals surface area (Å²) >= 11 is 0. The van der Waals surface area contributed by atoms with Crippen LogP contribution in [0.1, 0.15) is 17.5 Å². The minimum Gasteiger partial charge on any atom is -0.339 e. The summed E-state index contributed by atoms with van der Waals surface area (Å²) in [6.45, 7) is 4.99. The normalized spacial score (nSPS) is 17.6. The molecule has 3 N–H and O–H groups in total. The van der Waals surface area contributed by atoms with Crippen LogP contribution < -0.4 is 15.4 Å². The highest BCUT2D eigenvalue weighted by Crippen LogP contribution is 2.17. The first-order chi connectivity index (χ1) is 11.7. The van der Waals surface area contributed by atoms with E-state index in [0.717, 1.165) is 23.1 Å². The van der Waals surface area contributed by atoms with E-state index in [2.05, 4.69) is 15.4 Å². The van der Waals surface area contributed by atoms with Gasteiger partial charge in [-0.3, -0.25) is 4.79 Å². The van der Waals surface area contributed by atoms with Crippen LogP contribution in [0, 0.1) is 13.8 Å². The average molecular weight is 368 g/mol. The lowest BCUT2D eigenvalue weighted by Gasteiger charge is -2.17. The first-order valence-electron chi connectivity index (χ1n) is 8.04. The molecular formula is C16H24N4O4S. The lowest BCUT2D eigenvalue weighted by Crippen LogP contribution is -2.43. The Hall–Kier alpha value is -2.13. The molecule has 0 spiro atoms. The fraction of sp³-hybridized carbons (Fsp3) is 0.500. The van der Waals surface area contributed by atoms with Gasteiger partial charge < -0.3 is 15.5 Å². The standard InChI is InChI=1S/C16H24N4O4S/c1-11-5-4-6-13(12(11)2)18-16(22)17-8-10-20-9-7-14(15(20)21)19-25(3,23)24/h4-6,14,19H,7-10H2,1-3H3,(H2,17,18,22). The molecule has 1 unspecified atom stereocenters. The van der Waals surface area contributed by atoms with E-state index in [1.165, 1.54) is 0 Å². The van der Waals surface area contributed by atoms with Crippen molar-refractivity contribution in [3.8, 4) is 0 Å². The molecule has 8 nitrogen and oxygen atoms in total. The predicted molar refractivity (Wildman–Crippen MR) is 95.9 cm³/mol. The fourth-order valence-corrected chi connectivity index (χ4v) is 3.42. The van der Waals surface area contributed by atoms with Gasteiger partial charge in [-0.25, -0.2) is 17.9 Å². The van der Waals surface area contributed by atoms with E-state index >= 15 is 0 Å². The number of aryl methyl sites for hydroxylation is 1. The van der Waals surface area contributed by atoms with E-state index in [9.17, 15) is 18.0 Å². The summed E-state index contributed by atoms with van der Waals surface area (Å²) in [5, 5.41) is 5.49. The molecule has 1 aliphatic rings. The molecule has 2 rings (SSSR count). The number of sulfonamides is 1. The molecule has 0 saturated carbocycles. The van der Waals surface area contributed by atoms with Crippen LogP contribution in [-0.2, 0) is 14.8 Å². The van der Waals surface area contributed by atoms with E-state index in [1.54, 1.807) is 4.90 Å². The van der Waals surface area contributed by atoms with Crippen LogP contribution in [0.2, 0.25) is 0 Å². The number of rotatable bonds is 6. The molecule has 0 bridgehead atoms. The quantitative estimate of drug-likeness (QED) is 0.682. The molecule has 0 aromatic heterocycles. The molecular weight excluding hydrogens is 344 g/mol. The molecule has 0 radical (unpaired) electrons. The Labute approximate surface area is 148 Å². The van der Waals surface area contributed by atoms with Crippen LogP contribution in [-0.4, -0.2) is 57.2 Å². The molecule has 1 aromatic rings. The number of amides is 3. The molecule has 1 saturated heterocycles. The number of benzene rings is 1. The van der Waals surface area contributed by atoms with E-state index in [4.69, 9.17) is 0 Å². The van der Waals surface area contributed by atoms with Crippen LogP contribution in [0.3, 0.4) is 0 Å². The first kappa shape index (κ1) is 19.2. The van der Waals surface area contributed by atoms with E-state index in [1.807, 2.05) is 32.0 Å². The molecule has 9 heteroatoms. The smallest absolute Gasteiger partial charge is 0.319 e. The number of carbonyl (C=O) groups is 2. The van der Waals surface area contributed by atoms with Crippen molar-refractivity contribution in [2.75, 3.05) is 31.2 Å². The minimum atomic E-state index is -3.42. The highest BCUT2D eigenvalue weighted by molar-refractivity contribution is 7.88. The van der Waals surface area contributed by atoms with Crippen molar-refractivity contribution in [3.63, 3.8) is 0 Å². The highest BCUT2D eigenvalue weighted by Gasteiger charge is 2.33. The van der Waals surface area contributed by atoms with Crippen LogP contribution in [0.4, 0.5) is 10.5 Å². The van der Waals surface area contributed by atoms with Gasteiger partial charge in [-0.05, 0) is 37.5 Å². The summed E-state index contributed by atoms with van der Waals surface area (Å²) in [5.74, 6) is -0.262. The summed E-state index contributed by atoms with van der Waals surface area (Å²) < 4.78 is 24.8. The topological polar surface area (TPSA) is 108 Å². The van der Waals surface area contributed by atoms with E-state index in [0.29, 0.717) is 19.5 Å². The molecule has 1 fully saturated rings. The molecule has 3 amide bonds. The van der Waals surface area contributed by atoms with Crippen molar-refractivity contribution in [2.45, 2.75) is 26.3 Å². The van der Waals surface area contributed by atoms with Crippen molar-refractivity contribution >= 4 is 27.6 Å². The zero-order chi connectivity index (χ0) is 18.6. The number of urea groups is 1. The maximum Gasteiger partial charge on any atom is 0.319 e. The number of anilines is 1. The maximum atomic E-state index is 12.1. The van der Waals surface area contributed by atoms with Gasteiger partial charge in [0.2, 0.25) is 15.9 Å². The number of hydrogen-bond acceptors (Lipinski definition) is 4. The van der Waals surface area contributed by atoms with E-state index < -0.39 is 16.1 Å². The summed E-state index contributed by atoms with van der Waals surface area (Å²) in [5.41, 5.74) is 2.83. The van der Waals surface area contributed by atoms with Crippen molar-refractivity contribution in [1.29, 1.82) is 0 Å². The zero-order valence-electron chi connectivity index (χ0n) is 14.6. The Morgan fingerprint density at radius 2 is 2.04 bits per heavy atom. The number of carbonyl (C=O) groups excluding carboxylic acids is 2. The third kappa shape index (κ3) is 5.43. The van der Waals surface area contributed by atoms with Gasteiger partial charge in [-0.1, -0.05) is 12.1 Å². The first-order valence-corrected chi connectivity index (χ1v) is 9.93.